The summed E-state index contributed by atoms with van der Waals surface area (Å²) < 4.78 is 10.3. The van der Waals surface area contributed by atoms with E-state index in [0.717, 1.165) is 12.1 Å². The summed E-state index contributed by atoms with van der Waals surface area (Å²) in [7, 11) is 3.02. The molecule has 1 aliphatic rings. The molecule has 1 aromatic carbocycles. The lowest BCUT2D eigenvalue weighted by Gasteiger charge is -2.14. The molecule has 0 heterocycles. The van der Waals surface area contributed by atoms with E-state index in [1.54, 1.807) is 12.1 Å². The van der Waals surface area contributed by atoms with Crippen molar-refractivity contribution in [2.75, 3.05) is 19.5 Å². The zero-order valence-electron chi connectivity index (χ0n) is 11.8. The maximum atomic E-state index is 12.0. The molecule has 2 rings (SSSR count). The highest BCUT2D eigenvalue weighted by atomic mass is 35.5. The Hall–Kier alpha value is -2.14. The number of carbonyl (C=O) groups excluding carboxylic acids is 1. The van der Waals surface area contributed by atoms with Crippen LogP contribution in [0.15, 0.2) is 36.1 Å². The fourth-order valence-corrected chi connectivity index (χ4v) is 2.09. The minimum atomic E-state index is -0.368. The molecule has 0 bridgehead atoms. The van der Waals surface area contributed by atoms with E-state index < -0.39 is 0 Å². The Morgan fingerprint density at radius 2 is 1.95 bits per heavy atom. The number of nitrogens with one attached hydrogen (secondary N) is 2. The number of allylic oxidation sites excluding steroid dienone is 3. The second-order valence-corrected chi connectivity index (χ2v) is 4.66. The molecule has 2 amide bonds. The summed E-state index contributed by atoms with van der Waals surface area (Å²) in [4.78, 5) is 12.0. The summed E-state index contributed by atoms with van der Waals surface area (Å²) in [5, 5.41) is 5.83. The number of benzene rings is 1. The molecule has 6 heteroatoms. The second kappa shape index (κ2) is 7.04. The molecule has 21 heavy (non-hydrogen) atoms. The van der Waals surface area contributed by atoms with Crippen LogP contribution in [-0.2, 0) is 0 Å². The highest BCUT2D eigenvalue weighted by Gasteiger charge is 2.13. The van der Waals surface area contributed by atoms with Crippen LogP contribution < -0.4 is 20.1 Å². The molecule has 111 valence electrons. The lowest BCUT2D eigenvalue weighted by Crippen LogP contribution is -2.28. The van der Waals surface area contributed by atoms with Gasteiger partial charge in [0.05, 0.1) is 24.9 Å². The van der Waals surface area contributed by atoms with Gasteiger partial charge in [0.15, 0.2) is 0 Å². The molecule has 0 unspecified atom stereocenters. The number of halogens is 1. The third-order valence-corrected chi connectivity index (χ3v) is 3.16. The van der Waals surface area contributed by atoms with Crippen LogP contribution in [0.3, 0.4) is 0 Å². The van der Waals surface area contributed by atoms with Crippen molar-refractivity contribution in [1.82, 2.24) is 5.32 Å². The molecule has 1 radical (unpaired) electrons. The zero-order valence-corrected chi connectivity index (χ0v) is 12.5. The predicted molar refractivity (Wildman–Crippen MR) is 82.9 cm³/mol. The third-order valence-electron chi connectivity index (χ3n) is 2.87. The first-order valence-corrected chi connectivity index (χ1v) is 6.71. The van der Waals surface area contributed by atoms with Gasteiger partial charge in [0.2, 0.25) is 0 Å². The molecule has 5 nitrogen and oxygen atoms in total. The Bertz CT molecular complexity index is 597. The van der Waals surface area contributed by atoms with Crippen LogP contribution in [-0.4, -0.2) is 20.3 Å². The van der Waals surface area contributed by atoms with E-state index in [9.17, 15) is 4.79 Å². The molecule has 0 atom stereocenters. The van der Waals surface area contributed by atoms with Crippen LogP contribution in [0.1, 0.15) is 6.42 Å². The number of ether oxygens (including phenoxy) is 2. The van der Waals surface area contributed by atoms with Crippen molar-refractivity contribution in [3.8, 4) is 11.5 Å². The number of anilines is 1. The van der Waals surface area contributed by atoms with E-state index in [1.165, 1.54) is 14.2 Å². The van der Waals surface area contributed by atoms with Gasteiger partial charge in [-0.2, -0.15) is 0 Å². The normalized spacial score (nSPS) is 13.4. The molecule has 1 aliphatic carbocycles. The summed E-state index contributed by atoms with van der Waals surface area (Å²) in [5.74, 6) is 0.945. The van der Waals surface area contributed by atoms with Crippen LogP contribution in [0.4, 0.5) is 10.5 Å². The van der Waals surface area contributed by atoms with Crippen LogP contribution in [0, 0.1) is 6.42 Å². The number of rotatable bonds is 4. The summed E-state index contributed by atoms with van der Waals surface area (Å²) in [6.45, 7) is 0. The van der Waals surface area contributed by atoms with Crippen molar-refractivity contribution >= 4 is 23.3 Å². The van der Waals surface area contributed by atoms with Gasteiger partial charge in [-0.05, 0) is 25.0 Å². The molecule has 0 aromatic heterocycles. The van der Waals surface area contributed by atoms with E-state index in [1.807, 2.05) is 24.6 Å². The van der Waals surface area contributed by atoms with E-state index in [4.69, 9.17) is 21.1 Å². The highest BCUT2D eigenvalue weighted by molar-refractivity contribution is 6.32. The molecule has 0 saturated heterocycles. The summed E-state index contributed by atoms with van der Waals surface area (Å²) >= 11 is 6.05. The molecule has 0 spiro atoms. The average molecular weight is 308 g/mol. The Morgan fingerprint density at radius 1 is 1.19 bits per heavy atom. The van der Waals surface area contributed by atoms with Gasteiger partial charge in [0.25, 0.3) is 0 Å². The average Bonchev–Trinajstić information content (AvgIpc) is 2.48. The van der Waals surface area contributed by atoms with Gasteiger partial charge in [-0.3, -0.25) is 0 Å². The number of hydrogen-bond donors (Lipinski definition) is 2. The number of amides is 2. The van der Waals surface area contributed by atoms with Gasteiger partial charge in [-0.25, -0.2) is 4.79 Å². The third kappa shape index (κ3) is 3.92. The van der Waals surface area contributed by atoms with Crippen molar-refractivity contribution in [3.05, 3.63) is 47.5 Å². The fraction of sp³-hybridized carbons (Fsp3) is 0.200. The smallest absolute Gasteiger partial charge is 0.323 e. The summed E-state index contributed by atoms with van der Waals surface area (Å²) in [6, 6.07) is 2.83. The lowest BCUT2D eigenvalue weighted by molar-refractivity contribution is 0.254. The van der Waals surface area contributed by atoms with Gasteiger partial charge in [0, 0.05) is 11.8 Å². The van der Waals surface area contributed by atoms with Crippen LogP contribution in [0.25, 0.3) is 0 Å². The van der Waals surface area contributed by atoms with Crippen molar-refractivity contribution < 1.29 is 14.3 Å². The van der Waals surface area contributed by atoms with Gasteiger partial charge in [0.1, 0.15) is 11.5 Å². The van der Waals surface area contributed by atoms with Crippen molar-refractivity contribution in [1.29, 1.82) is 0 Å². The van der Waals surface area contributed by atoms with Crippen molar-refractivity contribution in [2.45, 2.75) is 6.42 Å². The SMILES string of the molecule is COc1cc(OC)c(NC(=O)NC2=CC[CH]C=C2)cc1Cl. The van der Waals surface area contributed by atoms with Gasteiger partial charge < -0.3 is 20.1 Å². The maximum absolute atomic E-state index is 12.0. The molecule has 0 aliphatic heterocycles. The van der Waals surface area contributed by atoms with Crippen LogP contribution in [0.2, 0.25) is 5.02 Å². The largest absolute Gasteiger partial charge is 0.495 e. The monoisotopic (exact) mass is 307 g/mol. The minimum absolute atomic E-state index is 0.368. The lowest BCUT2D eigenvalue weighted by atomic mass is 10.1. The number of urea groups is 1. The number of hydrogen-bond acceptors (Lipinski definition) is 3. The van der Waals surface area contributed by atoms with Crippen molar-refractivity contribution in [2.24, 2.45) is 0 Å². The molecule has 0 fully saturated rings. The molecular weight excluding hydrogens is 292 g/mol. The van der Waals surface area contributed by atoms with Crippen molar-refractivity contribution in [3.63, 3.8) is 0 Å². The molecular formula is C15H16ClN2O3. The summed E-state index contributed by atoms with van der Waals surface area (Å²) in [5.41, 5.74) is 1.21. The molecule has 0 saturated carbocycles. The summed E-state index contributed by atoms with van der Waals surface area (Å²) in [6.07, 6.45) is 8.42. The standard InChI is InChI=1S/C15H16ClN2O3/c1-20-13-9-14(21-2)12(8-11(13)16)18-15(19)17-10-6-4-3-5-7-10/h3-4,6-9H,5H2,1-2H3,(H2,17,18,19). The molecule has 1 aromatic rings. The molecule has 2 N–H and O–H groups in total. The number of carbonyl (C=O) groups is 1. The Morgan fingerprint density at radius 3 is 2.57 bits per heavy atom. The number of methoxy groups -OCH3 is 2. The van der Waals surface area contributed by atoms with Gasteiger partial charge in [-0.15, -0.1) is 0 Å². The van der Waals surface area contributed by atoms with E-state index in [2.05, 4.69) is 10.6 Å². The Balaban J connectivity index is 2.11. The fourth-order valence-electron chi connectivity index (χ4n) is 1.85. The topological polar surface area (TPSA) is 59.6 Å². The Kier molecular flexibility index (Phi) is 5.11. The highest BCUT2D eigenvalue weighted by Crippen LogP contribution is 2.35. The van der Waals surface area contributed by atoms with Gasteiger partial charge >= 0.3 is 6.03 Å². The van der Waals surface area contributed by atoms with Gasteiger partial charge in [-0.1, -0.05) is 23.8 Å². The second-order valence-electron chi connectivity index (χ2n) is 4.26. The Labute approximate surface area is 128 Å². The minimum Gasteiger partial charge on any atom is -0.495 e. The van der Waals surface area contributed by atoms with E-state index >= 15 is 0 Å². The maximum Gasteiger partial charge on any atom is 0.323 e. The van der Waals surface area contributed by atoms with E-state index in [-0.39, 0.29) is 6.03 Å². The van der Waals surface area contributed by atoms with Crippen LogP contribution >= 0.6 is 11.6 Å². The first-order chi connectivity index (χ1) is 10.1. The zero-order chi connectivity index (χ0) is 15.2. The van der Waals surface area contributed by atoms with Crippen LogP contribution in [0.5, 0.6) is 11.5 Å². The first kappa shape index (κ1) is 15.3. The van der Waals surface area contributed by atoms with E-state index in [0.29, 0.717) is 22.2 Å². The predicted octanol–water partition coefficient (Wildman–Crippen LogP) is 3.53. The quantitative estimate of drug-likeness (QED) is 0.894. The first-order valence-electron chi connectivity index (χ1n) is 6.33.